The maximum absolute atomic E-state index is 12.1. The van der Waals surface area contributed by atoms with Crippen LogP contribution in [0.4, 0.5) is 0 Å². The van der Waals surface area contributed by atoms with E-state index < -0.39 is 0 Å². The molecule has 26 heavy (non-hydrogen) atoms. The van der Waals surface area contributed by atoms with Gasteiger partial charge in [-0.25, -0.2) is 0 Å². The van der Waals surface area contributed by atoms with E-state index in [4.69, 9.17) is 9.26 Å². The molecule has 0 aliphatic heterocycles. The van der Waals surface area contributed by atoms with Crippen LogP contribution in [0.3, 0.4) is 0 Å². The van der Waals surface area contributed by atoms with Crippen LogP contribution in [-0.4, -0.2) is 16.1 Å². The molecule has 1 aromatic heterocycles. The van der Waals surface area contributed by atoms with Gasteiger partial charge >= 0.3 is 5.97 Å². The van der Waals surface area contributed by atoms with E-state index >= 15 is 0 Å². The standard InChI is InChI=1S/C21H22N2O3/c1-4-16-8-10-17(11-9-16)21-22-18(26-23-21)12-13-19(24)25-20-14(2)6-5-7-15(20)3/h5-11H,4,12-13H2,1-3H3. The summed E-state index contributed by atoms with van der Waals surface area (Å²) in [6, 6.07) is 13.8. The van der Waals surface area contributed by atoms with Crippen molar-refractivity contribution < 1.29 is 14.1 Å². The van der Waals surface area contributed by atoms with E-state index in [0.717, 1.165) is 23.1 Å². The third-order valence-electron chi connectivity index (χ3n) is 4.26. The van der Waals surface area contributed by atoms with Crippen LogP contribution in [0.2, 0.25) is 0 Å². The predicted molar refractivity (Wildman–Crippen MR) is 99.0 cm³/mol. The molecule has 5 nitrogen and oxygen atoms in total. The largest absolute Gasteiger partial charge is 0.426 e. The number of hydrogen-bond donors (Lipinski definition) is 0. The number of para-hydroxylation sites is 1. The van der Waals surface area contributed by atoms with Crippen molar-refractivity contribution in [1.82, 2.24) is 10.1 Å². The van der Waals surface area contributed by atoms with Crippen LogP contribution in [-0.2, 0) is 17.6 Å². The number of rotatable bonds is 6. The van der Waals surface area contributed by atoms with Gasteiger partial charge in [-0.2, -0.15) is 4.98 Å². The third-order valence-corrected chi connectivity index (χ3v) is 4.26. The fourth-order valence-corrected chi connectivity index (χ4v) is 2.70. The molecule has 2 aromatic carbocycles. The fraction of sp³-hybridized carbons (Fsp3) is 0.286. The Labute approximate surface area is 153 Å². The van der Waals surface area contributed by atoms with Gasteiger partial charge in [0.2, 0.25) is 11.7 Å². The Morgan fingerprint density at radius 2 is 1.77 bits per heavy atom. The number of hydrogen-bond acceptors (Lipinski definition) is 5. The molecule has 0 saturated carbocycles. The Morgan fingerprint density at radius 1 is 1.08 bits per heavy atom. The number of aromatic nitrogens is 2. The summed E-state index contributed by atoms with van der Waals surface area (Å²) in [4.78, 5) is 16.5. The summed E-state index contributed by atoms with van der Waals surface area (Å²) in [5, 5.41) is 3.99. The third kappa shape index (κ3) is 4.17. The van der Waals surface area contributed by atoms with Gasteiger partial charge in [-0.3, -0.25) is 4.79 Å². The lowest BCUT2D eigenvalue weighted by atomic mass is 10.1. The second kappa shape index (κ2) is 7.95. The van der Waals surface area contributed by atoms with Crippen molar-refractivity contribution in [1.29, 1.82) is 0 Å². The van der Waals surface area contributed by atoms with Crippen LogP contribution in [0.25, 0.3) is 11.4 Å². The van der Waals surface area contributed by atoms with Gasteiger partial charge in [0.05, 0.1) is 6.42 Å². The lowest BCUT2D eigenvalue weighted by Crippen LogP contribution is -2.10. The molecule has 0 amide bonds. The molecule has 0 aliphatic rings. The zero-order chi connectivity index (χ0) is 18.5. The van der Waals surface area contributed by atoms with Crippen LogP contribution < -0.4 is 4.74 Å². The quantitative estimate of drug-likeness (QED) is 0.485. The molecule has 0 aliphatic carbocycles. The van der Waals surface area contributed by atoms with E-state index in [1.54, 1.807) is 0 Å². The second-order valence-electron chi connectivity index (χ2n) is 6.26. The molecule has 0 atom stereocenters. The smallest absolute Gasteiger partial charge is 0.311 e. The maximum atomic E-state index is 12.1. The Morgan fingerprint density at radius 3 is 2.42 bits per heavy atom. The van der Waals surface area contributed by atoms with Crippen molar-refractivity contribution in [3.05, 3.63) is 65.0 Å². The van der Waals surface area contributed by atoms with Gasteiger partial charge in [-0.1, -0.05) is 54.5 Å². The highest BCUT2D eigenvalue weighted by molar-refractivity contribution is 5.73. The van der Waals surface area contributed by atoms with E-state index in [-0.39, 0.29) is 12.4 Å². The van der Waals surface area contributed by atoms with Crippen LogP contribution >= 0.6 is 0 Å². The van der Waals surface area contributed by atoms with Crippen molar-refractivity contribution >= 4 is 5.97 Å². The molecule has 0 saturated heterocycles. The Hall–Kier alpha value is -2.95. The van der Waals surface area contributed by atoms with E-state index in [1.165, 1.54) is 5.56 Å². The van der Waals surface area contributed by atoms with Crippen LogP contribution in [0, 0.1) is 13.8 Å². The molecule has 0 radical (unpaired) electrons. The summed E-state index contributed by atoms with van der Waals surface area (Å²) in [5.74, 6) is 1.28. The van der Waals surface area contributed by atoms with Crippen LogP contribution in [0.1, 0.15) is 35.9 Å². The summed E-state index contributed by atoms with van der Waals surface area (Å²) < 4.78 is 10.7. The number of carbonyl (C=O) groups is 1. The van der Waals surface area contributed by atoms with Gasteiger partial charge in [0, 0.05) is 12.0 Å². The van der Waals surface area contributed by atoms with Crippen LogP contribution in [0.5, 0.6) is 5.75 Å². The predicted octanol–water partition coefficient (Wildman–Crippen LogP) is 4.45. The van der Waals surface area contributed by atoms with Gasteiger partial charge in [-0.15, -0.1) is 0 Å². The van der Waals surface area contributed by atoms with Crippen molar-refractivity contribution in [2.75, 3.05) is 0 Å². The zero-order valence-corrected chi connectivity index (χ0v) is 15.3. The highest BCUT2D eigenvalue weighted by Crippen LogP contribution is 2.23. The minimum atomic E-state index is -0.311. The molecule has 5 heteroatoms. The Kier molecular flexibility index (Phi) is 5.46. The summed E-state index contributed by atoms with van der Waals surface area (Å²) >= 11 is 0. The maximum Gasteiger partial charge on any atom is 0.311 e. The molecule has 0 fully saturated rings. The van der Waals surface area contributed by atoms with Crippen molar-refractivity contribution in [2.24, 2.45) is 0 Å². The fourth-order valence-electron chi connectivity index (χ4n) is 2.70. The first kappa shape index (κ1) is 17.9. The molecule has 3 aromatic rings. The molecule has 0 bridgehead atoms. The first-order chi connectivity index (χ1) is 12.6. The number of nitrogens with zero attached hydrogens (tertiary/aromatic N) is 2. The molecule has 0 spiro atoms. The Balaban J connectivity index is 1.60. The molecule has 0 N–H and O–H groups in total. The second-order valence-corrected chi connectivity index (χ2v) is 6.26. The lowest BCUT2D eigenvalue weighted by Gasteiger charge is -2.09. The highest BCUT2D eigenvalue weighted by atomic mass is 16.5. The van der Waals surface area contributed by atoms with Gasteiger partial charge < -0.3 is 9.26 Å². The number of ether oxygens (including phenoxy) is 1. The summed E-state index contributed by atoms with van der Waals surface area (Å²) in [5.41, 5.74) is 4.03. The minimum absolute atomic E-state index is 0.185. The minimum Gasteiger partial charge on any atom is -0.426 e. The average Bonchev–Trinajstić information content (AvgIpc) is 3.12. The first-order valence-corrected chi connectivity index (χ1v) is 8.75. The first-order valence-electron chi connectivity index (χ1n) is 8.75. The van der Waals surface area contributed by atoms with Gasteiger partial charge in [0.15, 0.2) is 0 Å². The molecule has 3 rings (SSSR count). The summed E-state index contributed by atoms with van der Waals surface area (Å²) in [6.07, 6.45) is 1.52. The monoisotopic (exact) mass is 350 g/mol. The van der Waals surface area contributed by atoms with E-state index in [0.29, 0.717) is 23.9 Å². The SMILES string of the molecule is CCc1ccc(-c2noc(CCC(=O)Oc3c(C)cccc3C)n2)cc1. The average molecular weight is 350 g/mol. The zero-order valence-electron chi connectivity index (χ0n) is 15.3. The summed E-state index contributed by atoms with van der Waals surface area (Å²) in [6.45, 7) is 5.95. The number of esters is 1. The van der Waals surface area contributed by atoms with E-state index in [1.807, 2.05) is 56.3 Å². The highest BCUT2D eigenvalue weighted by Gasteiger charge is 2.13. The number of carbonyl (C=O) groups excluding carboxylic acids is 1. The number of benzene rings is 2. The van der Waals surface area contributed by atoms with Crippen molar-refractivity contribution in [3.63, 3.8) is 0 Å². The topological polar surface area (TPSA) is 65.2 Å². The molecule has 0 unspecified atom stereocenters. The van der Waals surface area contributed by atoms with Gasteiger partial charge in [-0.05, 0) is 37.0 Å². The van der Waals surface area contributed by atoms with Gasteiger partial charge in [0.1, 0.15) is 5.75 Å². The lowest BCUT2D eigenvalue weighted by molar-refractivity contribution is -0.134. The Bertz CT molecular complexity index is 878. The molecular weight excluding hydrogens is 328 g/mol. The molecular formula is C21H22N2O3. The molecule has 1 heterocycles. The number of aryl methyl sites for hydroxylation is 4. The van der Waals surface area contributed by atoms with E-state index in [9.17, 15) is 4.79 Å². The molecule has 134 valence electrons. The van der Waals surface area contributed by atoms with E-state index in [2.05, 4.69) is 17.1 Å². The van der Waals surface area contributed by atoms with Crippen molar-refractivity contribution in [2.45, 2.75) is 40.0 Å². The van der Waals surface area contributed by atoms with Crippen molar-refractivity contribution in [3.8, 4) is 17.1 Å². The van der Waals surface area contributed by atoms with Crippen LogP contribution in [0.15, 0.2) is 47.0 Å². The summed E-state index contributed by atoms with van der Waals surface area (Å²) in [7, 11) is 0. The van der Waals surface area contributed by atoms with Gasteiger partial charge in [0.25, 0.3) is 0 Å². The normalized spacial score (nSPS) is 10.7.